The summed E-state index contributed by atoms with van der Waals surface area (Å²) in [6.07, 6.45) is 0.875. The predicted molar refractivity (Wildman–Crippen MR) is 100 cm³/mol. The van der Waals surface area contributed by atoms with Gasteiger partial charge in [0.1, 0.15) is 17.3 Å². The van der Waals surface area contributed by atoms with E-state index in [0.29, 0.717) is 17.3 Å². The van der Waals surface area contributed by atoms with E-state index in [9.17, 15) is 4.79 Å². The van der Waals surface area contributed by atoms with Crippen LogP contribution < -0.4 is 10.2 Å². The van der Waals surface area contributed by atoms with Gasteiger partial charge >= 0.3 is 0 Å². The molecule has 6 heteroatoms. The van der Waals surface area contributed by atoms with E-state index in [-0.39, 0.29) is 11.9 Å². The molecule has 0 spiro atoms. The van der Waals surface area contributed by atoms with Crippen LogP contribution >= 0.6 is 0 Å². The molecule has 1 atom stereocenters. The Labute approximate surface area is 148 Å². The van der Waals surface area contributed by atoms with Gasteiger partial charge in [-0.1, -0.05) is 18.2 Å². The lowest BCUT2D eigenvalue weighted by atomic mass is 10.1. The van der Waals surface area contributed by atoms with E-state index in [1.807, 2.05) is 44.1 Å². The summed E-state index contributed by atoms with van der Waals surface area (Å²) in [4.78, 5) is 25.8. The van der Waals surface area contributed by atoms with Crippen LogP contribution in [0.1, 0.15) is 28.8 Å². The summed E-state index contributed by atoms with van der Waals surface area (Å²) in [5.74, 6) is 1.22. The van der Waals surface area contributed by atoms with E-state index < -0.39 is 0 Å². The number of rotatable bonds is 5. The van der Waals surface area contributed by atoms with E-state index >= 15 is 0 Å². The number of nitrogens with one attached hydrogen (secondary N) is 1. The van der Waals surface area contributed by atoms with E-state index in [0.717, 1.165) is 25.2 Å². The minimum Gasteiger partial charge on any atom is -0.369 e. The number of hydrogen-bond acceptors (Lipinski definition) is 5. The fourth-order valence-corrected chi connectivity index (χ4v) is 3.17. The third-order valence-electron chi connectivity index (χ3n) is 4.35. The molecule has 1 N–H and O–H groups in total. The fourth-order valence-electron chi connectivity index (χ4n) is 3.17. The second-order valence-corrected chi connectivity index (χ2v) is 6.77. The van der Waals surface area contributed by atoms with Crippen LogP contribution in [-0.2, 0) is 6.42 Å². The third kappa shape index (κ3) is 3.79. The number of para-hydroxylation sites is 1. The van der Waals surface area contributed by atoms with Gasteiger partial charge in [0, 0.05) is 30.9 Å². The van der Waals surface area contributed by atoms with Crippen LogP contribution in [0, 0.1) is 6.92 Å². The molecule has 132 valence electrons. The molecular weight excluding hydrogens is 314 g/mol. The summed E-state index contributed by atoms with van der Waals surface area (Å²) in [5, 5.41) is 3.27. The largest absolute Gasteiger partial charge is 0.369 e. The highest BCUT2D eigenvalue weighted by molar-refractivity contribution is 6.06. The molecule has 0 bridgehead atoms. The molecular formula is C19H25N5O. The van der Waals surface area contributed by atoms with E-state index in [1.54, 1.807) is 6.07 Å². The Hall–Kier alpha value is -2.47. The van der Waals surface area contributed by atoms with Crippen LogP contribution in [0.4, 0.5) is 11.5 Å². The number of nitrogens with zero attached hydrogens (tertiary/aromatic N) is 4. The summed E-state index contributed by atoms with van der Waals surface area (Å²) < 4.78 is 0. The number of anilines is 2. The monoisotopic (exact) mass is 339 g/mol. The average molecular weight is 339 g/mol. The summed E-state index contributed by atoms with van der Waals surface area (Å²) in [5.41, 5.74) is 2.63. The summed E-state index contributed by atoms with van der Waals surface area (Å²) in [6, 6.07) is 9.95. The maximum atomic E-state index is 13.1. The van der Waals surface area contributed by atoms with Crippen molar-refractivity contribution in [3.63, 3.8) is 0 Å². The first-order valence-electron chi connectivity index (χ1n) is 8.61. The Kier molecular flexibility index (Phi) is 4.99. The average Bonchev–Trinajstić information content (AvgIpc) is 2.89. The van der Waals surface area contributed by atoms with Gasteiger partial charge in [0.05, 0.1) is 0 Å². The molecule has 0 aliphatic carbocycles. The number of carbonyl (C=O) groups is 1. The van der Waals surface area contributed by atoms with Crippen molar-refractivity contribution in [2.24, 2.45) is 0 Å². The summed E-state index contributed by atoms with van der Waals surface area (Å²) in [6.45, 7) is 5.54. The van der Waals surface area contributed by atoms with Gasteiger partial charge < -0.3 is 15.1 Å². The molecule has 25 heavy (non-hydrogen) atoms. The SMILES string of the molecule is Cc1nc(NCCN(C)C)cc(C(=O)N2c3ccccc3CC2C)n1. The van der Waals surface area contributed by atoms with Crippen LogP contribution in [0.25, 0.3) is 0 Å². The van der Waals surface area contributed by atoms with Crippen molar-refractivity contribution in [3.8, 4) is 0 Å². The first-order chi connectivity index (χ1) is 12.0. The number of benzene rings is 1. The van der Waals surface area contributed by atoms with Crippen molar-refractivity contribution in [1.29, 1.82) is 0 Å². The standard InChI is InChI=1S/C19H25N5O/c1-13-11-15-7-5-6-8-17(15)24(13)19(25)16-12-18(22-14(2)21-16)20-9-10-23(3)4/h5-8,12-13H,9-11H2,1-4H3,(H,20,21,22). The highest BCUT2D eigenvalue weighted by Crippen LogP contribution is 2.32. The predicted octanol–water partition coefficient (Wildman–Crippen LogP) is 2.35. The van der Waals surface area contributed by atoms with Crippen LogP contribution in [0.15, 0.2) is 30.3 Å². The maximum Gasteiger partial charge on any atom is 0.277 e. The van der Waals surface area contributed by atoms with Crippen molar-refractivity contribution in [2.75, 3.05) is 37.4 Å². The Morgan fingerprint density at radius 2 is 2.08 bits per heavy atom. The molecule has 0 radical (unpaired) electrons. The molecule has 0 saturated carbocycles. The number of aryl methyl sites for hydroxylation is 1. The Balaban J connectivity index is 1.84. The molecule has 1 unspecified atom stereocenters. The van der Waals surface area contributed by atoms with Crippen molar-refractivity contribution < 1.29 is 4.79 Å². The molecule has 1 aromatic heterocycles. The molecule has 2 heterocycles. The van der Waals surface area contributed by atoms with Crippen LogP contribution in [0.2, 0.25) is 0 Å². The lowest BCUT2D eigenvalue weighted by Crippen LogP contribution is -2.36. The zero-order valence-corrected chi connectivity index (χ0v) is 15.3. The van der Waals surface area contributed by atoms with E-state index in [1.165, 1.54) is 5.56 Å². The number of aromatic nitrogens is 2. The lowest BCUT2D eigenvalue weighted by molar-refractivity contribution is 0.0976. The molecule has 3 rings (SSSR count). The van der Waals surface area contributed by atoms with Gasteiger partial charge in [-0.2, -0.15) is 0 Å². The van der Waals surface area contributed by atoms with Crippen molar-refractivity contribution in [2.45, 2.75) is 26.3 Å². The highest BCUT2D eigenvalue weighted by atomic mass is 16.2. The Morgan fingerprint density at radius 1 is 1.32 bits per heavy atom. The fraction of sp³-hybridized carbons (Fsp3) is 0.421. The van der Waals surface area contributed by atoms with Crippen LogP contribution in [0.3, 0.4) is 0 Å². The minimum atomic E-state index is -0.0707. The number of amides is 1. The molecule has 2 aromatic rings. The van der Waals surface area contributed by atoms with E-state index in [2.05, 4.69) is 33.2 Å². The summed E-state index contributed by atoms with van der Waals surface area (Å²) >= 11 is 0. The molecule has 0 saturated heterocycles. The van der Waals surface area contributed by atoms with Gasteiger partial charge in [0.25, 0.3) is 5.91 Å². The van der Waals surface area contributed by atoms with Crippen molar-refractivity contribution in [1.82, 2.24) is 14.9 Å². The van der Waals surface area contributed by atoms with Crippen molar-refractivity contribution in [3.05, 3.63) is 47.4 Å². The van der Waals surface area contributed by atoms with Gasteiger partial charge in [0.2, 0.25) is 0 Å². The first kappa shape index (κ1) is 17.4. The molecule has 1 aliphatic heterocycles. The second-order valence-electron chi connectivity index (χ2n) is 6.77. The lowest BCUT2D eigenvalue weighted by Gasteiger charge is -2.22. The number of hydrogen-bond donors (Lipinski definition) is 1. The number of carbonyl (C=O) groups excluding carboxylic acids is 1. The molecule has 6 nitrogen and oxygen atoms in total. The van der Waals surface area contributed by atoms with Gasteiger partial charge in [-0.15, -0.1) is 0 Å². The quantitative estimate of drug-likeness (QED) is 0.906. The third-order valence-corrected chi connectivity index (χ3v) is 4.35. The zero-order chi connectivity index (χ0) is 18.0. The summed E-state index contributed by atoms with van der Waals surface area (Å²) in [7, 11) is 4.04. The number of likely N-dealkylation sites (N-methyl/N-ethyl adjacent to an activating group) is 1. The van der Waals surface area contributed by atoms with Crippen LogP contribution in [0.5, 0.6) is 0 Å². The Bertz CT molecular complexity index is 774. The van der Waals surface area contributed by atoms with Gasteiger partial charge in [-0.25, -0.2) is 9.97 Å². The molecule has 0 fully saturated rings. The zero-order valence-electron chi connectivity index (χ0n) is 15.3. The van der Waals surface area contributed by atoms with Crippen molar-refractivity contribution >= 4 is 17.4 Å². The van der Waals surface area contributed by atoms with E-state index in [4.69, 9.17) is 0 Å². The second kappa shape index (κ2) is 7.19. The topological polar surface area (TPSA) is 61.4 Å². The number of fused-ring (bicyclic) bond motifs is 1. The minimum absolute atomic E-state index is 0.0707. The molecule has 1 aromatic carbocycles. The van der Waals surface area contributed by atoms with Crippen LogP contribution in [-0.4, -0.2) is 54.0 Å². The highest BCUT2D eigenvalue weighted by Gasteiger charge is 2.32. The normalized spacial score (nSPS) is 16.2. The molecule has 1 aliphatic rings. The smallest absolute Gasteiger partial charge is 0.277 e. The van der Waals surface area contributed by atoms with Gasteiger partial charge in [-0.3, -0.25) is 4.79 Å². The van der Waals surface area contributed by atoms with Gasteiger partial charge in [0.15, 0.2) is 0 Å². The Morgan fingerprint density at radius 3 is 2.84 bits per heavy atom. The van der Waals surface area contributed by atoms with Gasteiger partial charge in [-0.05, 0) is 46.0 Å². The molecule has 1 amide bonds. The first-order valence-corrected chi connectivity index (χ1v) is 8.61. The maximum absolute atomic E-state index is 13.1.